The summed E-state index contributed by atoms with van der Waals surface area (Å²) in [6, 6.07) is 4.60. The smallest absolute Gasteiger partial charge is 0.339 e. The molecule has 1 aromatic rings. The van der Waals surface area contributed by atoms with Crippen molar-refractivity contribution in [3.8, 4) is 5.75 Å². The van der Waals surface area contributed by atoms with E-state index >= 15 is 0 Å². The molecule has 0 saturated carbocycles. The average molecular weight is 281 g/mol. The number of nitrogens with one attached hydrogen (secondary N) is 1. The van der Waals surface area contributed by atoms with E-state index in [1.807, 2.05) is 6.92 Å². The maximum absolute atomic E-state index is 11.6. The van der Waals surface area contributed by atoms with Crippen LogP contribution in [0.3, 0.4) is 0 Å². The number of aryl methyl sites for hydroxylation is 1. The second-order valence-corrected chi connectivity index (χ2v) is 4.52. The van der Waals surface area contributed by atoms with Crippen LogP contribution in [0.1, 0.15) is 22.8 Å². The topological polar surface area (TPSA) is 84.9 Å². The lowest BCUT2D eigenvalue weighted by atomic mass is 10.1. The summed E-state index contributed by atoms with van der Waals surface area (Å²) < 4.78 is 10.2. The van der Waals surface area contributed by atoms with Crippen LogP contribution >= 0.6 is 0 Å². The number of methoxy groups -OCH3 is 1. The molecular formula is C14H19NO5. The molecule has 6 nitrogen and oxygen atoms in total. The Kier molecular flexibility index (Phi) is 5.99. The summed E-state index contributed by atoms with van der Waals surface area (Å²) in [6.45, 7) is 3.78. The fraction of sp³-hybridized carbons (Fsp3) is 0.429. The lowest BCUT2D eigenvalue weighted by molar-refractivity contribution is -0.124. The number of hydrogen-bond acceptors (Lipinski definition) is 4. The molecule has 0 aliphatic carbocycles. The van der Waals surface area contributed by atoms with Gasteiger partial charge in [-0.05, 0) is 31.5 Å². The van der Waals surface area contributed by atoms with E-state index in [1.165, 1.54) is 6.07 Å². The molecule has 0 fully saturated rings. The third-order valence-corrected chi connectivity index (χ3v) is 2.55. The van der Waals surface area contributed by atoms with Gasteiger partial charge in [0.15, 0.2) is 6.61 Å². The van der Waals surface area contributed by atoms with Crippen LogP contribution < -0.4 is 10.1 Å². The zero-order valence-corrected chi connectivity index (χ0v) is 11.8. The molecule has 6 heteroatoms. The molecule has 0 bridgehead atoms. The highest BCUT2D eigenvalue weighted by molar-refractivity contribution is 5.91. The monoisotopic (exact) mass is 281 g/mol. The van der Waals surface area contributed by atoms with Crippen LogP contribution in [-0.2, 0) is 9.53 Å². The number of carboxylic acid groups (broad SMARTS) is 1. The number of aromatic carboxylic acids is 1. The van der Waals surface area contributed by atoms with E-state index in [0.29, 0.717) is 6.61 Å². The molecule has 0 unspecified atom stereocenters. The molecule has 0 saturated heterocycles. The van der Waals surface area contributed by atoms with Crippen molar-refractivity contribution >= 4 is 11.9 Å². The largest absolute Gasteiger partial charge is 0.483 e. The summed E-state index contributed by atoms with van der Waals surface area (Å²) in [6.07, 6.45) is 0. The van der Waals surface area contributed by atoms with Gasteiger partial charge in [-0.1, -0.05) is 6.07 Å². The van der Waals surface area contributed by atoms with Crippen LogP contribution in [0.25, 0.3) is 0 Å². The van der Waals surface area contributed by atoms with Crippen molar-refractivity contribution in [2.24, 2.45) is 0 Å². The molecule has 0 spiro atoms. The third kappa shape index (κ3) is 4.89. The van der Waals surface area contributed by atoms with Crippen molar-refractivity contribution in [2.75, 3.05) is 20.3 Å². The molecular weight excluding hydrogens is 262 g/mol. The molecule has 2 N–H and O–H groups in total. The summed E-state index contributed by atoms with van der Waals surface area (Å²) in [7, 11) is 1.55. The summed E-state index contributed by atoms with van der Waals surface area (Å²) in [4.78, 5) is 22.7. The standard InChI is InChI=1S/C14H19NO5/c1-9-4-5-11(14(17)18)12(6-9)20-8-13(16)15-10(2)7-19-3/h4-6,10H,7-8H2,1-3H3,(H,15,16)(H,17,18)/t10-/m1/s1. The van der Waals surface area contributed by atoms with E-state index in [9.17, 15) is 9.59 Å². The minimum Gasteiger partial charge on any atom is -0.483 e. The number of carboxylic acids is 1. The van der Waals surface area contributed by atoms with E-state index in [4.69, 9.17) is 14.6 Å². The number of ether oxygens (including phenoxy) is 2. The molecule has 0 heterocycles. The second kappa shape index (κ2) is 7.49. The van der Waals surface area contributed by atoms with Gasteiger partial charge in [-0.15, -0.1) is 0 Å². The zero-order valence-electron chi connectivity index (χ0n) is 11.8. The molecule has 0 aromatic heterocycles. The number of rotatable bonds is 7. The average Bonchev–Trinajstić information content (AvgIpc) is 2.36. The Bertz CT molecular complexity index is 486. The lowest BCUT2D eigenvalue weighted by Gasteiger charge is -2.14. The first kappa shape index (κ1) is 16.0. The molecule has 20 heavy (non-hydrogen) atoms. The Morgan fingerprint density at radius 3 is 2.70 bits per heavy atom. The van der Waals surface area contributed by atoms with Gasteiger partial charge in [0.2, 0.25) is 0 Å². The molecule has 0 aliphatic rings. The maximum Gasteiger partial charge on any atom is 0.339 e. The summed E-state index contributed by atoms with van der Waals surface area (Å²) in [5.41, 5.74) is 0.895. The van der Waals surface area contributed by atoms with Gasteiger partial charge in [0.25, 0.3) is 5.91 Å². The van der Waals surface area contributed by atoms with E-state index in [1.54, 1.807) is 26.2 Å². The zero-order chi connectivity index (χ0) is 15.1. The normalized spacial score (nSPS) is 11.8. The highest BCUT2D eigenvalue weighted by Crippen LogP contribution is 2.20. The molecule has 1 atom stereocenters. The highest BCUT2D eigenvalue weighted by atomic mass is 16.5. The molecule has 1 amide bonds. The summed E-state index contributed by atoms with van der Waals surface area (Å²) in [5, 5.41) is 11.7. The first-order valence-electron chi connectivity index (χ1n) is 6.19. The quantitative estimate of drug-likeness (QED) is 0.785. The van der Waals surface area contributed by atoms with Crippen molar-refractivity contribution in [2.45, 2.75) is 19.9 Å². The van der Waals surface area contributed by atoms with Crippen molar-refractivity contribution in [1.29, 1.82) is 0 Å². The van der Waals surface area contributed by atoms with Crippen molar-refractivity contribution in [3.63, 3.8) is 0 Å². The van der Waals surface area contributed by atoms with Crippen molar-refractivity contribution in [1.82, 2.24) is 5.32 Å². The minimum absolute atomic E-state index is 0.0355. The van der Waals surface area contributed by atoms with Crippen LogP contribution in [0.4, 0.5) is 0 Å². The Labute approximate surface area is 117 Å². The summed E-state index contributed by atoms with van der Waals surface area (Å²) >= 11 is 0. The molecule has 1 rings (SSSR count). The predicted molar refractivity (Wildman–Crippen MR) is 73.1 cm³/mol. The van der Waals surface area contributed by atoms with Crippen molar-refractivity contribution in [3.05, 3.63) is 29.3 Å². The van der Waals surface area contributed by atoms with E-state index < -0.39 is 5.97 Å². The first-order valence-corrected chi connectivity index (χ1v) is 6.19. The number of carbonyl (C=O) groups is 2. The van der Waals surface area contributed by atoms with Gasteiger partial charge < -0.3 is 19.9 Å². The van der Waals surface area contributed by atoms with Gasteiger partial charge >= 0.3 is 5.97 Å². The summed E-state index contributed by atoms with van der Waals surface area (Å²) in [5.74, 6) is -1.23. The van der Waals surface area contributed by atoms with Gasteiger partial charge in [0.1, 0.15) is 11.3 Å². The SMILES string of the molecule is COC[C@@H](C)NC(=O)COc1cc(C)ccc1C(=O)O. The van der Waals surface area contributed by atoms with Gasteiger partial charge in [-0.25, -0.2) is 4.79 Å². The van der Waals surface area contributed by atoms with Crippen LogP contribution in [0.5, 0.6) is 5.75 Å². The number of amides is 1. The Balaban J connectivity index is 2.63. The van der Waals surface area contributed by atoms with Crippen LogP contribution in [0.15, 0.2) is 18.2 Å². The molecule has 0 radical (unpaired) electrons. The van der Waals surface area contributed by atoms with Gasteiger partial charge in [-0.3, -0.25) is 4.79 Å². The number of hydrogen-bond donors (Lipinski definition) is 2. The number of carbonyl (C=O) groups excluding carboxylic acids is 1. The fourth-order valence-electron chi connectivity index (χ4n) is 1.68. The van der Waals surface area contributed by atoms with Crippen LogP contribution in [0.2, 0.25) is 0 Å². The Hall–Kier alpha value is -2.08. The minimum atomic E-state index is -1.09. The van der Waals surface area contributed by atoms with Gasteiger partial charge in [0, 0.05) is 13.2 Å². The predicted octanol–water partition coefficient (Wildman–Crippen LogP) is 1.22. The van der Waals surface area contributed by atoms with E-state index in [-0.39, 0.29) is 29.9 Å². The Morgan fingerprint density at radius 1 is 1.40 bits per heavy atom. The van der Waals surface area contributed by atoms with Gasteiger partial charge in [0.05, 0.1) is 6.61 Å². The highest BCUT2D eigenvalue weighted by Gasteiger charge is 2.13. The lowest BCUT2D eigenvalue weighted by Crippen LogP contribution is -2.38. The van der Waals surface area contributed by atoms with Gasteiger partial charge in [-0.2, -0.15) is 0 Å². The number of benzene rings is 1. The van der Waals surface area contributed by atoms with E-state index in [0.717, 1.165) is 5.56 Å². The fourth-order valence-corrected chi connectivity index (χ4v) is 1.68. The molecule has 110 valence electrons. The van der Waals surface area contributed by atoms with Crippen molar-refractivity contribution < 1.29 is 24.2 Å². The molecule has 1 aromatic carbocycles. The first-order chi connectivity index (χ1) is 9.43. The molecule has 0 aliphatic heterocycles. The van der Waals surface area contributed by atoms with E-state index in [2.05, 4.69) is 5.32 Å². The third-order valence-electron chi connectivity index (χ3n) is 2.55. The second-order valence-electron chi connectivity index (χ2n) is 4.52. The Morgan fingerprint density at radius 2 is 2.10 bits per heavy atom. The maximum atomic E-state index is 11.6. The van der Waals surface area contributed by atoms with Crippen LogP contribution in [-0.4, -0.2) is 43.3 Å². The van der Waals surface area contributed by atoms with Crippen LogP contribution in [0, 0.1) is 6.92 Å².